The number of rotatable bonds is 9. The molecule has 3 aromatic heterocycles. The van der Waals surface area contributed by atoms with Gasteiger partial charge in [0.25, 0.3) is 0 Å². The second kappa shape index (κ2) is 9.01. The summed E-state index contributed by atoms with van der Waals surface area (Å²) in [5.41, 5.74) is 8.44. The zero-order valence-corrected chi connectivity index (χ0v) is 16.4. The van der Waals surface area contributed by atoms with Gasteiger partial charge < -0.3 is 25.3 Å². The summed E-state index contributed by atoms with van der Waals surface area (Å²) in [6.07, 6.45) is 5.11. The molecule has 1 saturated heterocycles. The molecule has 10 heteroatoms. The summed E-state index contributed by atoms with van der Waals surface area (Å²) in [7, 11) is 1.88. The van der Waals surface area contributed by atoms with Gasteiger partial charge in [-0.3, -0.25) is 0 Å². The van der Waals surface area contributed by atoms with E-state index in [1.807, 2.05) is 19.2 Å². The first kappa shape index (κ1) is 19.3. The highest BCUT2D eigenvalue weighted by Crippen LogP contribution is 2.19. The van der Waals surface area contributed by atoms with Crippen molar-refractivity contribution in [1.82, 2.24) is 29.9 Å². The smallest absolute Gasteiger partial charge is 0.336 e. The molecular weight excluding hydrogens is 374 g/mol. The molecule has 1 aliphatic rings. The molecule has 4 rings (SSSR count). The maximum Gasteiger partial charge on any atom is 0.336 e. The van der Waals surface area contributed by atoms with Crippen molar-refractivity contribution in [2.45, 2.75) is 12.8 Å². The molecule has 0 aromatic carbocycles. The SMILES string of the molecule is CNCCOc1ccc(Cc2cnc3c(N)nc(OCC4CCOC4)nn23)cn1. The fourth-order valence-electron chi connectivity index (χ4n) is 3.08. The number of anilines is 1. The second-order valence-corrected chi connectivity index (χ2v) is 6.94. The van der Waals surface area contributed by atoms with Crippen LogP contribution in [0, 0.1) is 5.92 Å². The van der Waals surface area contributed by atoms with Gasteiger partial charge in [0.2, 0.25) is 5.88 Å². The topological polar surface area (TPSA) is 122 Å². The van der Waals surface area contributed by atoms with Crippen LogP contribution in [0.5, 0.6) is 11.9 Å². The second-order valence-electron chi connectivity index (χ2n) is 6.94. The van der Waals surface area contributed by atoms with Gasteiger partial charge in [-0.15, -0.1) is 5.10 Å². The standard InChI is InChI=1S/C19H25N7O3/c1-21-5-7-28-16-3-2-13(9-22-16)8-15-10-23-18-17(20)24-19(25-26(15)18)29-12-14-4-6-27-11-14/h2-3,9-10,14,21H,4-8,11-12H2,1H3,(H2,20,24,25). The van der Waals surface area contributed by atoms with Gasteiger partial charge in [0.05, 0.1) is 25.1 Å². The van der Waals surface area contributed by atoms with E-state index in [0.29, 0.717) is 43.7 Å². The Morgan fingerprint density at radius 1 is 1.28 bits per heavy atom. The Hall–Kier alpha value is -2.98. The molecule has 1 unspecified atom stereocenters. The number of likely N-dealkylation sites (N-methyl/N-ethyl adjacent to an activating group) is 1. The van der Waals surface area contributed by atoms with Crippen molar-refractivity contribution < 1.29 is 14.2 Å². The van der Waals surface area contributed by atoms with E-state index in [1.165, 1.54) is 0 Å². The number of fused-ring (bicyclic) bond motifs is 1. The average molecular weight is 399 g/mol. The third kappa shape index (κ3) is 4.72. The molecule has 1 aliphatic heterocycles. The van der Waals surface area contributed by atoms with Crippen molar-refractivity contribution in [1.29, 1.82) is 0 Å². The number of nitrogen functional groups attached to an aromatic ring is 1. The van der Waals surface area contributed by atoms with Gasteiger partial charge in [-0.25, -0.2) is 14.5 Å². The molecule has 29 heavy (non-hydrogen) atoms. The molecule has 3 N–H and O–H groups in total. The van der Waals surface area contributed by atoms with Crippen LogP contribution < -0.4 is 20.5 Å². The molecule has 0 spiro atoms. The molecule has 0 amide bonds. The van der Waals surface area contributed by atoms with E-state index in [1.54, 1.807) is 16.9 Å². The largest absolute Gasteiger partial charge is 0.476 e. The Balaban J connectivity index is 1.46. The summed E-state index contributed by atoms with van der Waals surface area (Å²) in [5.74, 6) is 1.24. The van der Waals surface area contributed by atoms with Crippen LogP contribution in [0.3, 0.4) is 0 Å². The van der Waals surface area contributed by atoms with Crippen LogP contribution in [-0.2, 0) is 11.2 Å². The molecular formula is C19H25N7O3. The zero-order valence-electron chi connectivity index (χ0n) is 16.4. The summed E-state index contributed by atoms with van der Waals surface area (Å²) in [4.78, 5) is 12.9. The van der Waals surface area contributed by atoms with E-state index in [2.05, 4.69) is 25.4 Å². The normalized spacial score (nSPS) is 16.4. The number of nitrogens with one attached hydrogen (secondary N) is 1. The lowest BCUT2D eigenvalue weighted by Crippen LogP contribution is -2.16. The van der Waals surface area contributed by atoms with E-state index in [4.69, 9.17) is 19.9 Å². The van der Waals surface area contributed by atoms with Gasteiger partial charge in [0.1, 0.15) is 6.61 Å². The lowest BCUT2D eigenvalue weighted by molar-refractivity contribution is 0.163. The van der Waals surface area contributed by atoms with E-state index in [9.17, 15) is 0 Å². The third-order valence-corrected chi connectivity index (χ3v) is 4.70. The quantitative estimate of drug-likeness (QED) is 0.501. The number of pyridine rings is 1. The molecule has 1 fully saturated rings. The molecule has 10 nitrogen and oxygen atoms in total. The third-order valence-electron chi connectivity index (χ3n) is 4.70. The first-order valence-electron chi connectivity index (χ1n) is 9.66. The van der Waals surface area contributed by atoms with Gasteiger partial charge in [-0.1, -0.05) is 6.07 Å². The highest BCUT2D eigenvalue weighted by atomic mass is 16.5. The Labute approximate surface area is 168 Å². The van der Waals surface area contributed by atoms with Crippen LogP contribution in [0.25, 0.3) is 5.65 Å². The summed E-state index contributed by atoms with van der Waals surface area (Å²) in [5, 5.41) is 7.50. The zero-order chi connectivity index (χ0) is 20.1. The van der Waals surface area contributed by atoms with Gasteiger partial charge in [0.15, 0.2) is 11.5 Å². The van der Waals surface area contributed by atoms with Crippen LogP contribution in [0.15, 0.2) is 24.5 Å². The van der Waals surface area contributed by atoms with E-state index in [-0.39, 0.29) is 11.8 Å². The molecule has 154 valence electrons. The molecule has 0 radical (unpaired) electrons. The van der Waals surface area contributed by atoms with Crippen LogP contribution in [0.2, 0.25) is 0 Å². The van der Waals surface area contributed by atoms with E-state index >= 15 is 0 Å². The summed E-state index contributed by atoms with van der Waals surface area (Å²) in [6.45, 7) is 3.32. The summed E-state index contributed by atoms with van der Waals surface area (Å²) >= 11 is 0. The van der Waals surface area contributed by atoms with Crippen molar-refractivity contribution in [3.05, 3.63) is 35.8 Å². The first-order chi connectivity index (χ1) is 14.2. The molecule has 0 aliphatic carbocycles. The minimum absolute atomic E-state index is 0.243. The predicted molar refractivity (Wildman–Crippen MR) is 106 cm³/mol. The van der Waals surface area contributed by atoms with Crippen molar-refractivity contribution >= 4 is 11.5 Å². The highest BCUT2D eigenvalue weighted by Gasteiger charge is 2.18. The first-order valence-corrected chi connectivity index (χ1v) is 9.66. The lowest BCUT2D eigenvalue weighted by atomic mass is 10.1. The Morgan fingerprint density at radius 3 is 2.97 bits per heavy atom. The van der Waals surface area contributed by atoms with Gasteiger partial charge in [-0.2, -0.15) is 4.98 Å². The fourth-order valence-corrected chi connectivity index (χ4v) is 3.08. The number of hydrogen-bond donors (Lipinski definition) is 2. The number of ether oxygens (including phenoxy) is 3. The number of hydrogen-bond acceptors (Lipinski definition) is 9. The maximum atomic E-state index is 6.05. The monoisotopic (exact) mass is 399 g/mol. The Morgan fingerprint density at radius 2 is 2.21 bits per heavy atom. The van der Waals surface area contributed by atoms with Gasteiger partial charge >= 0.3 is 6.01 Å². The van der Waals surface area contributed by atoms with Crippen molar-refractivity contribution in [2.75, 3.05) is 45.8 Å². The summed E-state index contributed by atoms with van der Waals surface area (Å²) in [6, 6.07) is 4.08. The maximum absolute atomic E-state index is 6.05. The molecule has 1 atom stereocenters. The van der Waals surface area contributed by atoms with Gasteiger partial charge in [-0.05, 0) is 19.0 Å². The van der Waals surface area contributed by atoms with Gasteiger partial charge in [0, 0.05) is 37.8 Å². The minimum Gasteiger partial charge on any atom is -0.476 e. The Kier molecular flexibility index (Phi) is 6.01. The number of nitrogens with zero attached hydrogens (tertiary/aromatic N) is 5. The van der Waals surface area contributed by atoms with E-state index < -0.39 is 0 Å². The van der Waals surface area contributed by atoms with Crippen molar-refractivity contribution in [3.8, 4) is 11.9 Å². The van der Waals surface area contributed by atoms with Crippen molar-refractivity contribution in [2.24, 2.45) is 5.92 Å². The van der Waals surface area contributed by atoms with E-state index in [0.717, 1.165) is 30.8 Å². The number of aromatic nitrogens is 5. The molecule has 3 aromatic rings. The molecule has 4 heterocycles. The van der Waals surface area contributed by atoms with Crippen LogP contribution in [0.4, 0.5) is 5.82 Å². The fraction of sp³-hybridized carbons (Fsp3) is 0.474. The van der Waals surface area contributed by atoms with Crippen LogP contribution >= 0.6 is 0 Å². The Bertz CT molecular complexity index is 939. The number of imidazole rings is 1. The molecule has 0 saturated carbocycles. The summed E-state index contributed by atoms with van der Waals surface area (Å²) < 4.78 is 18.4. The minimum atomic E-state index is 0.243. The highest BCUT2D eigenvalue weighted by molar-refractivity contribution is 5.59. The average Bonchev–Trinajstić information content (AvgIpc) is 3.39. The lowest BCUT2D eigenvalue weighted by Gasteiger charge is -2.10. The predicted octanol–water partition coefficient (Wildman–Crippen LogP) is 0.706. The van der Waals surface area contributed by atoms with Crippen LogP contribution in [0.1, 0.15) is 17.7 Å². The molecule has 0 bridgehead atoms. The number of nitrogens with two attached hydrogens (primary N) is 1. The van der Waals surface area contributed by atoms with Crippen molar-refractivity contribution in [3.63, 3.8) is 0 Å². The van der Waals surface area contributed by atoms with Crippen LogP contribution in [-0.4, -0.2) is 64.6 Å².